The van der Waals surface area contributed by atoms with Gasteiger partial charge >= 0.3 is 0 Å². The number of rotatable bonds is 3. The van der Waals surface area contributed by atoms with Crippen LogP contribution in [0, 0.1) is 5.92 Å². The quantitative estimate of drug-likeness (QED) is 0.779. The molecule has 0 bridgehead atoms. The van der Waals surface area contributed by atoms with Crippen LogP contribution in [0.5, 0.6) is 0 Å². The van der Waals surface area contributed by atoms with E-state index >= 15 is 0 Å². The summed E-state index contributed by atoms with van der Waals surface area (Å²) in [6.45, 7) is 3.62. The monoisotopic (exact) mass is 264 g/mol. The molecule has 4 heteroatoms. The molecule has 2 heterocycles. The van der Waals surface area contributed by atoms with Crippen molar-refractivity contribution in [2.75, 3.05) is 13.1 Å². The predicted molar refractivity (Wildman–Crippen MR) is 72.5 cm³/mol. The van der Waals surface area contributed by atoms with Crippen LogP contribution in [-0.4, -0.2) is 46.8 Å². The van der Waals surface area contributed by atoms with Gasteiger partial charge in [0, 0.05) is 13.1 Å². The Hall–Kier alpha value is -1.06. The van der Waals surface area contributed by atoms with Crippen molar-refractivity contribution in [3.8, 4) is 0 Å². The van der Waals surface area contributed by atoms with E-state index in [4.69, 9.17) is 0 Å². The highest BCUT2D eigenvalue weighted by Gasteiger charge is 2.46. The van der Waals surface area contributed by atoms with Gasteiger partial charge in [0.05, 0.1) is 0 Å². The molecule has 106 valence electrons. The third kappa shape index (κ3) is 2.15. The number of hydrogen-bond acceptors (Lipinski definition) is 2. The average molecular weight is 264 g/mol. The van der Waals surface area contributed by atoms with Crippen molar-refractivity contribution in [2.45, 2.75) is 64.0 Å². The summed E-state index contributed by atoms with van der Waals surface area (Å²) in [5.74, 6) is 1.06. The van der Waals surface area contributed by atoms with Crippen LogP contribution in [0.15, 0.2) is 0 Å². The van der Waals surface area contributed by atoms with E-state index in [1.807, 2.05) is 16.7 Å². The zero-order valence-electron chi connectivity index (χ0n) is 11.8. The second-order valence-electron chi connectivity index (χ2n) is 6.25. The van der Waals surface area contributed by atoms with Crippen molar-refractivity contribution < 1.29 is 9.59 Å². The van der Waals surface area contributed by atoms with Gasteiger partial charge in [0.15, 0.2) is 0 Å². The second-order valence-corrected chi connectivity index (χ2v) is 6.25. The van der Waals surface area contributed by atoms with Gasteiger partial charge in [-0.05, 0) is 44.4 Å². The molecule has 0 aromatic carbocycles. The van der Waals surface area contributed by atoms with Crippen molar-refractivity contribution >= 4 is 11.8 Å². The predicted octanol–water partition coefficient (Wildman–Crippen LogP) is 1.79. The van der Waals surface area contributed by atoms with Gasteiger partial charge in [-0.3, -0.25) is 9.59 Å². The maximum absolute atomic E-state index is 12.7. The summed E-state index contributed by atoms with van der Waals surface area (Å²) >= 11 is 0. The van der Waals surface area contributed by atoms with Gasteiger partial charge in [0.25, 0.3) is 0 Å². The van der Waals surface area contributed by atoms with Crippen molar-refractivity contribution in [1.82, 2.24) is 9.80 Å². The first-order valence-corrected chi connectivity index (χ1v) is 7.83. The lowest BCUT2D eigenvalue weighted by Crippen LogP contribution is -2.66. The summed E-state index contributed by atoms with van der Waals surface area (Å²) in [4.78, 5) is 29.0. The SMILES string of the molecule is CCC1C(=O)N2CCCCC2C(=O)N1CC1CCC1. The highest BCUT2D eigenvalue weighted by Crippen LogP contribution is 2.32. The zero-order valence-corrected chi connectivity index (χ0v) is 11.8. The molecule has 3 aliphatic rings. The van der Waals surface area contributed by atoms with Crippen LogP contribution in [0.1, 0.15) is 51.9 Å². The molecule has 0 aromatic heterocycles. The van der Waals surface area contributed by atoms with E-state index in [0.29, 0.717) is 5.92 Å². The summed E-state index contributed by atoms with van der Waals surface area (Å²) < 4.78 is 0. The van der Waals surface area contributed by atoms with E-state index in [0.717, 1.165) is 38.8 Å². The first-order valence-electron chi connectivity index (χ1n) is 7.83. The third-order valence-electron chi connectivity index (χ3n) is 5.08. The smallest absolute Gasteiger partial charge is 0.246 e. The summed E-state index contributed by atoms with van der Waals surface area (Å²) in [6.07, 6.45) is 7.48. The third-order valence-corrected chi connectivity index (χ3v) is 5.08. The Bertz CT molecular complexity index is 378. The topological polar surface area (TPSA) is 40.6 Å². The molecule has 3 fully saturated rings. The number of hydrogen-bond donors (Lipinski definition) is 0. The second kappa shape index (κ2) is 5.14. The van der Waals surface area contributed by atoms with Crippen molar-refractivity contribution in [1.29, 1.82) is 0 Å². The molecule has 2 saturated heterocycles. The van der Waals surface area contributed by atoms with Gasteiger partial charge in [0.1, 0.15) is 12.1 Å². The normalized spacial score (nSPS) is 32.3. The van der Waals surface area contributed by atoms with Crippen molar-refractivity contribution in [3.63, 3.8) is 0 Å². The van der Waals surface area contributed by atoms with Crippen molar-refractivity contribution in [2.24, 2.45) is 5.92 Å². The number of amides is 2. The maximum Gasteiger partial charge on any atom is 0.246 e. The zero-order chi connectivity index (χ0) is 13.4. The number of piperidine rings is 1. The molecule has 1 aliphatic carbocycles. The molecule has 0 radical (unpaired) electrons. The lowest BCUT2D eigenvalue weighted by atomic mass is 9.83. The maximum atomic E-state index is 12.7. The fourth-order valence-electron chi connectivity index (χ4n) is 3.69. The molecular formula is C15H24N2O2. The molecule has 19 heavy (non-hydrogen) atoms. The molecule has 2 amide bonds. The Balaban J connectivity index is 1.79. The molecular weight excluding hydrogens is 240 g/mol. The highest BCUT2D eigenvalue weighted by molar-refractivity contribution is 5.97. The fraction of sp³-hybridized carbons (Fsp3) is 0.867. The van der Waals surface area contributed by atoms with Crippen LogP contribution in [-0.2, 0) is 9.59 Å². The minimum Gasteiger partial charge on any atom is -0.329 e. The largest absolute Gasteiger partial charge is 0.329 e. The van der Waals surface area contributed by atoms with E-state index in [-0.39, 0.29) is 23.9 Å². The van der Waals surface area contributed by atoms with Crippen LogP contribution in [0.3, 0.4) is 0 Å². The van der Waals surface area contributed by atoms with Crippen molar-refractivity contribution in [3.05, 3.63) is 0 Å². The lowest BCUT2D eigenvalue weighted by molar-refractivity contribution is -0.165. The van der Waals surface area contributed by atoms with Crippen LogP contribution >= 0.6 is 0 Å². The first kappa shape index (κ1) is 12.9. The summed E-state index contributed by atoms with van der Waals surface area (Å²) in [5, 5.41) is 0. The Morgan fingerprint density at radius 2 is 1.84 bits per heavy atom. The van der Waals surface area contributed by atoms with E-state index in [1.54, 1.807) is 0 Å². The standard InChI is InChI=1S/C15H24N2O2/c1-2-12-14(18)16-9-4-3-8-13(16)15(19)17(12)10-11-6-5-7-11/h11-13H,2-10H2,1H3. The van der Waals surface area contributed by atoms with E-state index in [2.05, 4.69) is 0 Å². The summed E-state index contributed by atoms with van der Waals surface area (Å²) in [5.41, 5.74) is 0. The highest BCUT2D eigenvalue weighted by atomic mass is 16.2. The number of carbonyl (C=O) groups excluding carboxylic acids is 2. The van der Waals surface area contributed by atoms with Gasteiger partial charge in [-0.25, -0.2) is 0 Å². The minimum absolute atomic E-state index is 0.149. The molecule has 0 N–H and O–H groups in total. The molecule has 2 unspecified atom stereocenters. The molecule has 4 nitrogen and oxygen atoms in total. The van der Waals surface area contributed by atoms with Crippen LogP contribution < -0.4 is 0 Å². The first-order chi connectivity index (χ1) is 9.22. The van der Waals surface area contributed by atoms with E-state index in [1.165, 1.54) is 19.3 Å². The number of nitrogens with zero attached hydrogens (tertiary/aromatic N) is 2. The van der Waals surface area contributed by atoms with Gasteiger partial charge < -0.3 is 9.80 Å². The fourth-order valence-corrected chi connectivity index (χ4v) is 3.69. The summed E-state index contributed by atoms with van der Waals surface area (Å²) in [6, 6.07) is -0.341. The van der Waals surface area contributed by atoms with E-state index < -0.39 is 0 Å². The number of fused-ring (bicyclic) bond motifs is 1. The number of carbonyl (C=O) groups is 2. The molecule has 0 spiro atoms. The van der Waals surface area contributed by atoms with Gasteiger partial charge in [-0.2, -0.15) is 0 Å². The Labute approximate surface area is 115 Å². The Morgan fingerprint density at radius 1 is 1.05 bits per heavy atom. The average Bonchev–Trinajstić information content (AvgIpc) is 2.39. The number of piperazine rings is 1. The molecule has 2 atom stereocenters. The molecule has 1 saturated carbocycles. The summed E-state index contributed by atoms with van der Waals surface area (Å²) in [7, 11) is 0. The minimum atomic E-state index is -0.192. The van der Waals surface area contributed by atoms with Gasteiger partial charge in [-0.15, -0.1) is 0 Å². The van der Waals surface area contributed by atoms with E-state index in [9.17, 15) is 9.59 Å². The van der Waals surface area contributed by atoms with Crippen LogP contribution in [0.25, 0.3) is 0 Å². The molecule has 2 aliphatic heterocycles. The van der Waals surface area contributed by atoms with Crippen LogP contribution in [0.4, 0.5) is 0 Å². The molecule has 3 rings (SSSR count). The van der Waals surface area contributed by atoms with Gasteiger partial charge in [0.2, 0.25) is 11.8 Å². The molecule has 0 aromatic rings. The van der Waals surface area contributed by atoms with Crippen LogP contribution in [0.2, 0.25) is 0 Å². The Kier molecular flexibility index (Phi) is 3.50. The lowest BCUT2D eigenvalue weighted by Gasteiger charge is -2.48. The van der Waals surface area contributed by atoms with Gasteiger partial charge in [-0.1, -0.05) is 13.3 Å². The Morgan fingerprint density at radius 3 is 2.47 bits per heavy atom.